The molecule has 6 heteroatoms. The first-order valence-electron chi connectivity index (χ1n) is 9.28. The lowest BCUT2D eigenvalue weighted by molar-refractivity contribution is 0.0985. The lowest BCUT2D eigenvalue weighted by atomic mass is 10.00. The number of benzene rings is 2. The van der Waals surface area contributed by atoms with Crippen LogP contribution in [0, 0.1) is 0 Å². The van der Waals surface area contributed by atoms with Gasteiger partial charge in [0.25, 0.3) is 5.91 Å². The highest BCUT2D eigenvalue weighted by Gasteiger charge is 2.24. The van der Waals surface area contributed by atoms with Crippen LogP contribution in [0.3, 0.4) is 0 Å². The number of carbonyl (C=O) groups is 2. The zero-order valence-corrected chi connectivity index (χ0v) is 16.2. The van der Waals surface area contributed by atoms with E-state index in [2.05, 4.69) is 10.6 Å². The van der Waals surface area contributed by atoms with Gasteiger partial charge in [-0.15, -0.1) is 11.3 Å². The van der Waals surface area contributed by atoms with Gasteiger partial charge >= 0.3 is 6.03 Å². The van der Waals surface area contributed by atoms with Gasteiger partial charge in [0.05, 0.1) is 6.54 Å². The highest BCUT2D eigenvalue weighted by Crippen LogP contribution is 2.31. The van der Waals surface area contributed by atoms with Gasteiger partial charge in [-0.05, 0) is 54.1 Å². The van der Waals surface area contributed by atoms with Gasteiger partial charge in [0.2, 0.25) is 0 Å². The van der Waals surface area contributed by atoms with Crippen molar-refractivity contribution >= 4 is 34.6 Å². The fraction of sp³-hybridized carbons (Fsp3) is 0.182. The zero-order valence-electron chi connectivity index (χ0n) is 15.4. The number of rotatable bonds is 4. The topological polar surface area (TPSA) is 61.4 Å². The van der Waals surface area contributed by atoms with Crippen molar-refractivity contribution in [2.24, 2.45) is 0 Å². The third kappa shape index (κ3) is 4.07. The molecule has 0 aliphatic carbocycles. The number of hydrogen-bond acceptors (Lipinski definition) is 3. The van der Waals surface area contributed by atoms with Gasteiger partial charge in [0, 0.05) is 28.4 Å². The highest BCUT2D eigenvalue weighted by molar-refractivity contribution is 7.09. The molecule has 1 aliphatic heterocycles. The van der Waals surface area contributed by atoms with E-state index in [-0.39, 0.29) is 11.9 Å². The predicted octanol–water partition coefficient (Wildman–Crippen LogP) is 4.66. The SMILES string of the molecule is O=C(NCc1cccs1)Nc1ccc2c(c1)N(C(=O)c1ccccc1)CCC2. The van der Waals surface area contributed by atoms with Crippen LogP contribution >= 0.6 is 11.3 Å². The van der Waals surface area contributed by atoms with Gasteiger partial charge < -0.3 is 15.5 Å². The molecular weight excluding hydrogens is 370 g/mol. The fourth-order valence-corrected chi connectivity index (χ4v) is 4.00. The molecule has 142 valence electrons. The number of hydrogen-bond donors (Lipinski definition) is 2. The second kappa shape index (κ2) is 8.27. The molecule has 5 nitrogen and oxygen atoms in total. The Labute approximate surface area is 168 Å². The van der Waals surface area contributed by atoms with Crippen molar-refractivity contribution in [2.75, 3.05) is 16.8 Å². The number of urea groups is 1. The number of carbonyl (C=O) groups excluding carboxylic acids is 2. The minimum absolute atomic E-state index is 0.0131. The molecule has 0 atom stereocenters. The molecule has 0 saturated heterocycles. The van der Waals surface area contributed by atoms with Crippen LogP contribution in [0.2, 0.25) is 0 Å². The van der Waals surface area contributed by atoms with Gasteiger partial charge in [-0.25, -0.2) is 4.79 Å². The Kier molecular flexibility index (Phi) is 5.39. The van der Waals surface area contributed by atoms with Gasteiger partial charge in [-0.1, -0.05) is 30.3 Å². The fourth-order valence-electron chi connectivity index (χ4n) is 3.36. The van der Waals surface area contributed by atoms with E-state index in [1.54, 1.807) is 11.3 Å². The maximum absolute atomic E-state index is 13.0. The molecule has 4 rings (SSSR count). The normalized spacial score (nSPS) is 12.9. The summed E-state index contributed by atoms with van der Waals surface area (Å²) in [6.45, 7) is 1.17. The number of nitrogens with one attached hydrogen (secondary N) is 2. The Balaban J connectivity index is 1.49. The van der Waals surface area contributed by atoms with Crippen molar-refractivity contribution < 1.29 is 9.59 Å². The average molecular weight is 391 g/mol. The molecule has 1 aliphatic rings. The molecular formula is C22H21N3O2S. The summed E-state index contributed by atoms with van der Waals surface area (Å²) in [4.78, 5) is 28.1. The second-order valence-corrected chi connectivity index (χ2v) is 7.69. The van der Waals surface area contributed by atoms with Crippen LogP contribution in [0.5, 0.6) is 0 Å². The molecule has 2 heterocycles. The van der Waals surface area contributed by atoms with E-state index in [4.69, 9.17) is 0 Å². The number of anilines is 2. The summed E-state index contributed by atoms with van der Waals surface area (Å²) in [7, 11) is 0. The second-order valence-electron chi connectivity index (χ2n) is 6.66. The zero-order chi connectivity index (χ0) is 19.3. The van der Waals surface area contributed by atoms with Crippen molar-refractivity contribution in [1.82, 2.24) is 5.32 Å². The van der Waals surface area contributed by atoms with Gasteiger partial charge in [0.1, 0.15) is 0 Å². The summed E-state index contributed by atoms with van der Waals surface area (Å²) in [5.74, 6) is -0.0131. The van der Waals surface area contributed by atoms with E-state index < -0.39 is 0 Å². The maximum Gasteiger partial charge on any atom is 0.319 e. The van der Waals surface area contributed by atoms with Crippen molar-refractivity contribution in [3.8, 4) is 0 Å². The van der Waals surface area contributed by atoms with Crippen LogP contribution in [0.4, 0.5) is 16.2 Å². The largest absolute Gasteiger partial charge is 0.333 e. The lowest BCUT2D eigenvalue weighted by Gasteiger charge is -2.30. The van der Waals surface area contributed by atoms with Crippen LogP contribution in [0.1, 0.15) is 27.2 Å². The maximum atomic E-state index is 13.0. The summed E-state index contributed by atoms with van der Waals surface area (Å²) < 4.78 is 0. The molecule has 28 heavy (non-hydrogen) atoms. The number of fused-ring (bicyclic) bond motifs is 1. The molecule has 3 aromatic rings. The molecule has 0 bridgehead atoms. The molecule has 0 spiro atoms. The first-order chi connectivity index (χ1) is 13.7. The van der Waals surface area contributed by atoms with Crippen molar-refractivity contribution in [1.29, 1.82) is 0 Å². The number of aryl methyl sites for hydroxylation is 1. The first-order valence-corrected chi connectivity index (χ1v) is 10.2. The summed E-state index contributed by atoms with van der Waals surface area (Å²) in [5, 5.41) is 7.71. The lowest BCUT2D eigenvalue weighted by Crippen LogP contribution is -2.35. The van der Waals surface area contributed by atoms with E-state index in [1.807, 2.05) is 70.9 Å². The standard InChI is InChI=1S/C22H21N3O2S/c26-21(17-6-2-1-3-7-17)25-12-4-8-16-10-11-18(14-20(16)25)24-22(27)23-15-19-9-5-13-28-19/h1-3,5-7,9-11,13-14H,4,8,12,15H2,(H2,23,24,27). The molecule has 3 amide bonds. The molecule has 0 unspecified atom stereocenters. The molecule has 0 saturated carbocycles. The monoisotopic (exact) mass is 391 g/mol. The Morgan fingerprint density at radius 3 is 2.68 bits per heavy atom. The van der Waals surface area contributed by atoms with E-state index in [1.165, 1.54) is 0 Å². The smallest absolute Gasteiger partial charge is 0.319 e. The van der Waals surface area contributed by atoms with Crippen molar-refractivity contribution in [2.45, 2.75) is 19.4 Å². The van der Waals surface area contributed by atoms with Gasteiger partial charge in [0.15, 0.2) is 0 Å². The van der Waals surface area contributed by atoms with Crippen LogP contribution in [-0.4, -0.2) is 18.5 Å². The Morgan fingerprint density at radius 2 is 1.89 bits per heavy atom. The summed E-state index contributed by atoms with van der Waals surface area (Å²) in [6, 6.07) is 18.8. The van der Waals surface area contributed by atoms with Crippen LogP contribution < -0.4 is 15.5 Å². The quantitative estimate of drug-likeness (QED) is 0.679. The van der Waals surface area contributed by atoms with Crippen LogP contribution in [0.15, 0.2) is 66.0 Å². The predicted molar refractivity (Wildman–Crippen MR) is 113 cm³/mol. The number of nitrogens with zero attached hydrogens (tertiary/aromatic N) is 1. The molecule has 1 aromatic heterocycles. The summed E-state index contributed by atoms with van der Waals surface area (Å²) >= 11 is 1.60. The van der Waals surface area contributed by atoms with E-state index >= 15 is 0 Å². The van der Waals surface area contributed by atoms with E-state index in [9.17, 15) is 9.59 Å². The van der Waals surface area contributed by atoms with E-state index in [0.29, 0.717) is 24.3 Å². The van der Waals surface area contributed by atoms with Gasteiger partial charge in [-0.3, -0.25) is 4.79 Å². The van der Waals surface area contributed by atoms with Crippen LogP contribution in [-0.2, 0) is 13.0 Å². The Hall–Kier alpha value is -3.12. The summed E-state index contributed by atoms with van der Waals surface area (Å²) in [6.07, 6.45) is 1.86. The third-order valence-electron chi connectivity index (χ3n) is 4.73. The summed E-state index contributed by atoms with van der Waals surface area (Å²) in [5.41, 5.74) is 3.34. The van der Waals surface area contributed by atoms with Crippen molar-refractivity contribution in [3.05, 3.63) is 82.0 Å². The molecule has 0 fully saturated rings. The Morgan fingerprint density at radius 1 is 1.04 bits per heavy atom. The van der Waals surface area contributed by atoms with Crippen LogP contribution in [0.25, 0.3) is 0 Å². The average Bonchev–Trinajstić information content (AvgIpc) is 3.26. The van der Waals surface area contributed by atoms with E-state index in [0.717, 1.165) is 29.0 Å². The van der Waals surface area contributed by atoms with Gasteiger partial charge in [-0.2, -0.15) is 0 Å². The minimum Gasteiger partial charge on any atom is -0.333 e. The minimum atomic E-state index is -0.259. The first kappa shape index (κ1) is 18.3. The molecule has 0 radical (unpaired) electrons. The van der Waals surface area contributed by atoms with Crippen molar-refractivity contribution in [3.63, 3.8) is 0 Å². The Bertz CT molecular complexity index is 971. The number of thiophene rings is 1. The number of amides is 3. The molecule has 2 N–H and O–H groups in total. The third-order valence-corrected chi connectivity index (χ3v) is 5.61. The highest BCUT2D eigenvalue weighted by atomic mass is 32.1. The molecule has 2 aromatic carbocycles.